The van der Waals surface area contributed by atoms with Gasteiger partial charge in [-0.25, -0.2) is 15.8 Å². The molecule has 6 nitrogen and oxygen atoms in total. The summed E-state index contributed by atoms with van der Waals surface area (Å²) in [4.78, 5) is 9.29. The number of hydrogen-bond donors (Lipinski definition) is 2. The van der Waals surface area contributed by atoms with Crippen molar-refractivity contribution in [3.8, 4) is 0 Å². The fourth-order valence-electron chi connectivity index (χ4n) is 2.71. The third-order valence-electron chi connectivity index (χ3n) is 3.67. The highest BCUT2D eigenvalue weighted by atomic mass is 16.5. The molecule has 2 rings (SSSR count). The summed E-state index contributed by atoms with van der Waals surface area (Å²) >= 11 is 0. The van der Waals surface area contributed by atoms with Gasteiger partial charge in [0.05, 0.1) is 0 Å². The Balaban J connectivity index is 2.38. The summed E-state index contributed by atoms with van der Waals surface area (Å²) in [6.45, 7) is 8.31. The molecule has 1 saturated heterocycles. The maximum atomic E-state index is 6.04. The van der Waals surface area contributed by atoms with Gasteiger partial charge in [-0.3, -0.25) is 0 Å². The first kappa shape index (κ1) is 16.1. The van der Waals surface area contributed by atoms with Crippen LogP contribution in [0, 0.1) is 5.92 Å². The molecule has 21 heavy (non-hydrogen) atoms. The topological polar surface area (TPSA) is 82.3 Å². The number of nitrogen functional groups attached to an aromatic ring is 1. The Morgan fingerprint density at radius 2 is 2.10 bits per heavy atom. The van der Waals surface area contributed by atoms with Crippen molar-refractivity contribution in [2.24, 2.45) is 11.8 Å². The number of hydrogen-bond acceptors (Lipinski definition) is 6. The Morgan fingerprint density at radius 3 is 2.67 bits per heavy atom. The Labute approximate surface area is 126 Å². The quantitative estimate of drug-likeness (QED) is 0.617. The Kier molecular flexibility index (Phi) is 5.50. The van der Waals surface area contributed by atoms with E-state index >= 15 is 0 Å². The molecule has 6 heteroatoms. The van der Waals surface area contributed by atoms with Gasteiger partial charge in [0.1, 0.15) is 11.4 Å². The fourth-order valence-corrected chi connectivity index (χ4v) is 2.71. The van der Waals surface area contributed by atoms with Gasteiger partial charge in [0, 0.05) is 44.4 Å². The first-order chi connectivity index (χ1) is 10.1. The van der Waals surface area contributed by atoms with Gasteiger partial charge in [-0.2, -0.15) is 0 Å². The summed E-state index contributed by atoms with van der Waals surface area (Å²) in [6.07, 6.45) is 2.44. The standard InChI is InChI=1S/C15H26N4O2/c1-4-21-15(5-7-20-8-6-15)14-17-12(9-11(2)3)10-13(18-14)19-16/h10-11H,4-9,16H2,1-3H3,(H,17,18,19). The molecule has 0 aliphatic carbocycles. The molecule has 0 unspecified atom stereocenters. The molecule has 0 aromatic carbocycles. The van der Waals surface area contributed by atoms with Crippen molar-refractivity contribution >= 4 is 5.82 Å². The van der Waals surface area contributed by atoms with Gasteiger partial charge < -0.3 is 14.9 Å². The lowest BCUT2D eigenvalue weighted by atomic mass is 9.92. The third-order valence-corrected chi connectivity index (χ3v) is 3.67. The number of nitrogens with zero attached hydrogens (tertiary/aromatic N) is 2. The molecule has 0 saturated carbocycles. The second kappa shape index (κ2) is 7.15. The van der Waals surface area contributed by atoms with Gasteiger partial charge in [-0.15, -0.1) is 0 Å². The summed E-state index contributed by atoms with van der Waals surface area (Å²) in [5.41, 5.74) is 3.18. The molecule has 0 bridgehead atoms. The summed E-state index contributed by atoms with van der Waals surface area (Å²) in [5.74, 6) is 7.44. The van der Waals surface area contributed by atoms with Crippen molar-refractivity contribution in [2.45, 2.75) is 45.6 Å². The number of anilines is 1. The second-order valence-electron chi connectivity index (χ2n) is 5.85. The zero-order valence-electron chi connectivity index (χ0n) is 13.2. The molecule has 1 aliphatic rings. The van der Waals surface area contributed by atoms with E-state index in [9.17, 15) is 0 Å². The first-order valence-electron chi connectivity index (χ1n) is 7.66. The molecule has 2 heterocycles. The highest BCUT2D eigenvalue weighted by molar-refractivity contribution is 5.35. The maximum Gasteiger partial charge on any atom is 0.163 e. The molecule has 0 amide bonds. The van der Waals surface area contributed by atoms with E-state index in [1.54, 1.807) is 0 Å². The van der Waals surface area contributed by atoms with E-state index in [4.69, 9.17) is 20.3 Å². The molecule has 1 fully saturated rings. The lowest BCUT2D eigenvalue weighted by Crippen LogP contribution is -2.38. The monoisotopic (exact) mass is 294 g/mol. The van der Waals surface area contributed by atoms with Crippen LogP contribution in [-0.4, -0.2) is 29.8 Å². The fraction of sp³-hybridized carbons (Fsp3) is 0.733. The van der Waals surface area contributed by atoms with Crippen LogP contribution in [-0.2, 0) is 21.5 Å². The SMILES string of the molecule is CCOC1(c2nc(CC(C)C)cc(NN)n2)CCOCC1. The van der Waals surface area contributed by atoms with Crippen LogP contribution in [0.3, 0.4) is 0 Å². The lowest BCUT2D eigenvalue weighted by Gasteiger charge is -2.35. The smallest absolute Gasteiger partial charge is 0.163 e. The van der Waals surface area contributed by atoms with E-state index in [1.807, 2.05) is 13.0 Å². The molecule has 1 aliphatic heterocycles. The van der Waals surface area contributed by atoms with Crippen LogP contribution in [0.2, 0.25) is 0 Å². The molecule has 0 atom stereocenters. The number of nitrogens with one attached hydrogen (secondary N) is 1. The number of ether oxygens (including phenoxy) is 2. The average Bonchev–Trinajstić information content (AvgIpc) is 2.47. The van der Waals surface area contributed by atoms with Crippen LogP contribution in [0.4, 0.5) is 5.82 Å². The van der Waals surface area contributed by atoms with E-state index < -0.39 is 5.60 Å². The lowest BCUT2D eigenvalue weighted by molar-refractivity contribution is -0.117. The average molecular weight is 294 g/mol. The van der Waals surface area contributed by atoms with Crippen molar-refractivity contribution in [3.63, 3.8) is 0 Å². The number of rotatable bonds is 6. The molecule has 0 spiro atoms. The molecule has 3 N–H and O–H groups in total. The van der Waals surface area contributed by atoms with Crippen molar-refractivity contribution in [1.82, 2.24) is 9.97 Å². The van der Waals surface area contributed by atoms with Crippen molar-refractivity contribution < 1.29 is 9.47 Å². The highest BCUT2D eigenvalue weighted by Gasteiger charge is 2.38. The molecular weight excluding hydrogens is 268 g/mol. The molecular formula is C15H26N4O2. The zero-order chi connectivity index (χ0) is 15.3. The van der Waals surface area contributed by atoms with E-state index in [0.717, 1.165) is 30.8 Å². The van der Waals surface area contributed by atoms with Crippen LogP contribution in [0.5, 0.6) is 0 Å². The second-order valence-corrected chi connectivity index (χ2v) is 5.85. The van der Waals surface area contributed by atoms with Crippen molar-refractivity contribution in [3.05, 3.63) is 17.6 Å². The highest BCUT2D eigenvalue weighted by Crippen LogP contribution is 2.34. The van der Waals surface area contributed by atoms with Gasteiger partial charge in [0.25, 0.3) is 0 Å². The Hall–Kier alpha value is -1.24. The van der Waals surface area contributed by atoms with E-state index in [1.165, 1.54) is 0 Å². The van der Waals surface area contributed by atoms with Crippen LogP contribution in [0.25, 0.3) is 0 Å². The number of hydrazine groups is 1. The predicted molar refractivity (Wildman–Crippen MR) is 81.7 cm³/mol. The molecule has 0 radical (unpaired) electrons. The van der Waals surface area contributed by atoms with E-state index in [0.29, 0.717) is 31.6 Å². The molecule has 118 valence electrons. The van der Waals surface area contributed by atoms with Gasteiger partial charge in [-0.05, 0) is 19.3 Å². The largest absolute Gasteiger partial charge is 0.381 e. The summed E-state index contributed by atoms with van der Waals surface area (Å²) in [7, 11) is 0. The summed E-state index contributed by atoms with van der Waals surface area (Å²) < 4.78 is 11.5. The summed E-state index contributed by atoms with van der Waals surface area (Å²) in [6, 6.07) is 1.91. The maximum absolute atomic E-state index is 6.04. The summed E-state index contributed by atoms with van der Waals surface area (Å²) in [5, 5.41) is 0. The minimum absolute atomic E-state index is 0.453. The molecule has 1 aromatic heterocycles. The van der Waals surface area contributed by atoms with E-state index in [-0.39, 0.29) is 0 Å². The van der Waals surface area contributed by atoms with Crippen molar-refractivity contribution in [1.29, 1.82) is 0 Å². The van der Waals surface area contributed by atoms with Crippen LogP contribution >= 0.6 is 0 Å². The minimum Gasteiger partial charge on any atom is -0.381 e. The van der Waals surface area contributed by atoms with Crippen molar-refractivity contribution in [2.75, 3.05) is 25.2 Å². The van der Waals surface area contributed by atoms with Gasteiger partial charge in [-0.1, -0.05) is 13.8 Å². The Bertz CT molecular complexity index is 453. The minimum atomic E-state index is -0.453. The van der Waals surface area contributed by atoms with Crippen LogP contribution in [0.15, 0.2) is 6.07 Å². The van der Waals surface area contributed by atoms with Crippen LogP contribution < -0.4 is 11.3 Å². The van der Waals surface area contributed by atoms with E-state index in [2.05, 4.69) is 24.3 Å². The number of nitrogens with two attached hydrogens (primary N) is 1. The zero-order valence-corrected chi connectivity index (χ0v) is 13.2. The molecule has 1 aromatic rings. The van der Waals surface area contributed by atoms with Gasteiger partial charge >= 0.3 is 0 Å². The Morgan fingerprint density at radius 1 is 1.38 bits per heavy atom. The van der Waals surface area contributed by atoms with Gasteiger partial charge in [0.2, 0.25) is 0 Å². The normalized spacial score (nSPS) is 18.0. The third kappa shape index (κ3) is 3.90. The van der Waals surface area contributed by atoms with Crippen LogP contribution in [0.1, 0.15) is 45.1 Å². The number of aromatic nitrogens is 2. The predicted octanol–water partition coefficient (Wildman–Crippen LogP) is 2.00. The first-order valence-corrected chi connectivity index (χ1v) is 7.66. The van der Waals surface area contributed by atoms with Gasteiger partial charge in [0.15, 0.2) is 5.82 Å².